The fraction of sp³-hybridized carbons (Fsp3) is 0.469. The van der Waals surface area contributed by atoms with Gasteiger partial charge in [0.25, 0.3) is 0 Å². The van der Waals surface area contributed by atoms with E-state index < -0.39 is 52.0 Å². The van der Waals surface area contributed by atoms with E-state index in [1.807, 2.05) is 12.1 Å². The van der Waals surface area contributed by atoms with Crippen LogP contribution in [0.1, 0.15) is 86.6 Å². The Bertz CT molecular complexity index is 2180. The topological polar surface area (TPSA) is 88.1 Å². The number of ether oxygens (including phenoxy) is 2. The van der Waals surface area contributed by atoms with Gasteiger partial charge >= 0.3 is 24.5 Å². The number of halogens is 12. The number of hydrogen-bond donors (Lipinski definition) is 2. The molecule has 0 radical (unpaired) electrons. The van der Waals surface area contributed by atoms with Crippen molar-refractivity contribution in [3.05, 3.63) is 130 Å². The van der Waals surface area contributed by atoms with Crippen LogP contribution in [-0.4, -0.2) is 66.6 Å². The third kappa shape index (κ3) is 14.8. The van der Waals surface area contributed by atoms with Gasteiger partial charge in [-0.3, -0.25) is 9.59 Å². The van der Waals surface area contributed by atoms with Crippen LogP contribution in [0.4, 0.5) is 39.5 Å². The number of carboxylic acids is 1. The Morgan fingerprint density at radius 1 is 0.632 bits per heavy atom. The molecule has 2 N–H and O–H groups in total. The number of carboxylic acid groups (broad SMARTS) is 1. The molecule has 2 aliphatic heterocycles. The van der Waals surface area contributed by atoms with Crippen LogP contribution in [0.15, 0.2) is 97.1 Å². The lowest BCUT2D eigenvalue weighted by Crippen LogP contribution is -2.50. The Labute approximate surface area is 405 Å². The lowest BCUT2D eigenvalue weighted by molar-refractivity contribution is -0.147. The first-order chi connectivity index (χ1) is 31.6. The molecular formula is C49H54Cl3F9N2O5. The van der Waals surface area contributed by atoms with E-state index in [0.717, 1.165) is 87.2 Å². The van der Waals surface area contributed by atoms with Gasteiger partial charge in [0.1, 0.15) is 11.5 Å². The summed E-state index contributed by atoms with van der Waals surface area (Å²) in [5, 5.41) is 13.2. The van der Waals surface area contributed by atoms with Crippen LogP contribution < -0.4 is 14.8 Å². The number of rotatable bonds is 10. The normalized spacial score (nSPS) is 19.1. The van der Waals surface area contributed by atoms with Gasteiger partial charge in [-0.1, -0.05) is 56.1 Å². The monoisotopic (exact) mass is 1030 g/mol. The van der Waals surface area contributed by atoms with Crippen molar-refractivity contribution in [2.75, 3.05) is 44.7 Å². The number of nitrogens with zero attached hydrogens (tertiary/aromatic N) is 1. The van der Waals surface area contributed by atoms with Crippen molar-refractivity contribution in [1.82, 2.24) is 10.2 Å². The molecule has 2 saturated heterocycles. The minimum absolute atomic E-state index is 0. The second-order valence-corrected chi connectivity index (χ2v) is 18.0. The Morgan fingerprint density at radius 3 is 1.40 bits per heavy atom. The van der Waals surface area contributed by atoms with Crippen molar-refractivity contribution >= 4 is 46.7 Å². The number of amides is 1. The quantitative estimate of drug-likeness (QED) is 0.122. The van der Waals surface area contributed by atoms with E-state index in [4.69, 9.17) is 44.3 Å². The van der Waals surface area contributed by atoms with Gasteiger partial charge in [-0.25, -0.2) is 0 Å². The van der Waals surface area contributed by atoms with Crippen LogP contribution in [0, 0.1) is 11.8 Å². The number of carbonyl (C=O) groups is 2. The summed E-state index contributed by atoms with van der Waals surface area (Å²) in [5.41, 5.74) is -2.07. The van der Waals surface area contributed by atoms with E-state index in [1.54, 1.807) is 17.0 Å². The van der Waals surface area contributed by atoms with E-state index in [-0.39, 0.29) is 31.2 Å². The lowest BCUT2D eigenvalue weighted by atomic mass is 9.63. The van der Waals surface area contributed by atoms with E-state index in [2.05, 4.69) is 5.32 Å². The van der Waals surface area contributed by atoms with E-state index >= 15 is 0 Å². The highest BCUT2D eigenvalue weighted by molar-refractivity contribution is 6.40. The number of alkyl halides is 11. The highest BCUT2D eigenvalue weighted by atomic mass is 35.5. The number of carbonyl (C=O) groups excluding carboxylic acids is 1. The molecule has 0 bridgehead atoms. The lowest BCUT2D eigenvalue weighted by Gasteiger charge is -2.43. The fourth-order valence-corrected chi connectivity index (χ4v) is 8.41. The molecule has 374 valence electrons. The predicted molar refractivity (Wildman–Crippen MR) is 244 cm³/mol. The molecule has 19 heteroatoms. The molecule has 7 nitrogen and oxygen atoms in total. The third-order valence-electron chi connectivity index (χ3n) is 12.5. The van der Waals surface area contributed by atoms with Crippen molar-refractivity contribution in [2.45, 2.75) is 88.2 Å². The Hall–Kier alpha value is -4.38. The van der Waals surface area contributed by atoms with E-state index in [0.29, 0.717) is 67.0 Å². The molecule has 2 heterocycles. The largest absolute Gasteiger partial charge is 0.493 e. The Morgan fingerprint density at radius 2 is 1.03 bits per heavy atom. The summed E-state index contributed by atoms with van der Waals surface area (Å²) < 4.78 is 125. The Kier molecular flexibility index (Phi) is 20.2. The first-order valence-corrected chi connectivity index (χ1v) is 23.0. The minimum Gasteiger partial charge on any atom is -0.493 e. The second-order valence-electron chi connectivity index (χ2n) is 16.8. The van der Waals surface area contributed by atoms with Crippen LogP contribution in [-0.2, 0) is 38.9 Å². The number of likely N-dealkylation sites (tertiary alicyclic amines) is 1. The SMILES string of the molecule is C.ClCCl.FC(F)(F)c1ccc(OC[C@@H]2CCNC2)cc1.O=C(N1CC[C@@H](COc2ccc(C(F)(F)F)cc2)C1)C1(c2ccc(C(F)(F)F)cc2)CCC1.O=C(O)C1(c2ccc(Cl)cc2)CCC1. The van der Waals surface area contributed by atoms with Crippen molar-refractivity contribution in [3.8, 4) is 11.5 Å². The van der Waals surface area contributed by atoms with Gasteiger partial charge in [0.05, 0.1) is 46.1 Å². The highest BCUT2D eigenvalue weighted by Crippen LogP contribution is 2.47. The molecule has 2 saturated carbocycles. The van der Waals surface area contributed by atoms with Gasteiger partial charge in [0.2, 0.25) is 5.91 Å². The summed E-state index contributed by atoms with van der Waals surface area (Å²) in [6.07, 6.45) is -6.87. The molecule has 1 amide bonds. The molecule has 8 rings (SSSR count). The van der Waals surface area contributed by atoms with Crippen LogP contribution in [0.2, 0.25) is 5.02 Å². The molecule has 0 unspecified atom stereocenters. The molecule has 4 aromatic rings. The number of hydrogen-bond acceptors (Lipinski definition) is 5. The van der Waals surface area contributed by atoms with Crippen molar-refractivity contribution in [2.24, 2.45) is 11.8 Å². The maximum atomic E-state index is 13.3. The molecule has 0 spiro atoms. The summed E-state index contributed by atoms with van der Waals surface area (Å²) in [7, 11) is 0. The average Bonchev–Trinajstić information content (AvgIpc) is 3.96. The fourth-order valence-electron chi connectivity index (χ4n) is 8.28. The zero-order valence-corrected chi connectivity index (χ0v) is 38.3. The number of benzene rings is 4. The zero-order valence-electron chi connectivity index (χ0n) is 36.1. The Balaban J connectivity index is 0.000000240. The molecule has 2 atom stereocenters. The van der Waals surface area contributed by atoms with Crippen molar-refractivity contribution in [1.29, 1.82) is 0 Å². The molecule has 4 aromatic carbocycles. The van der Waals surface area contributed by atoms with Gasteiger partial charge in [-0.2, -0.15) is 39.5 Å². The smallest absolute Gasteiger partial charge is 0.416 e. The molecular weight excluding hydrogens is 974 g/mol. The van der Waals surface area contributed by atoms with Crippen molar-refractivity contribution in [3.63, 3.8) is 0 Å². The van der Waals surface area contributed by atoms with Gasteiger partial charge < -0.3 is 24.8 Å². The average molecular weight is 1030 g/mol. The molecule has 4 fully saturated rings. The summed E-state index contributed by atoms with van der Waals surface area (Å²) in [4.78, 5) is 26.2. The van der Waals surface area contributed by atoms with Crippen LogP contribution in [0.5, 0.6) is 11.5 Å². The number of nitrogens with one attached hydrogen (secondary N) is 1. The summed E-state index contributed by atoms with van der Waals surface area (Å²) in [5.74, 6) is 0.507. The minimum atomic E-state index is -4.43. The zero-order chi connectivity index (χ0) is 49.0. The van der Waals surface area contributed by atoms with Crippen molar-refractivity contribution < 1.29 is 63.7 Å². The second kappa shape index (κ2) is 24.4. The van der Waals surface area contributed by atoms with E-state index in [9.17, 15) is 54.2 Å². The predicted octanol–water partition coefficient (Wildman–Crippen LogP) is 13.7. The van der Waals surface area contributed by atoms with E-state index in [1.165, 1.54) is 36.4 Å². The van der Waals surface area contributed by atoms with Gasteiger partial charge in [-0.05, 0) is 129 Å². The molecule has 2 aliphatic carbocycles. The van der Waals surface area contributed by atoms with Gasteiger partial charge in [0.15, 0.2) is 0 Å². The molecule has 68 heavy (non-hydrogen) atoms. The van der Waals surface area contributed by atoms with Gasteiger partial charge in [-0.15, -0.1) is 23.2 Å². The molecule has 4 aliphatic rings. The maximum absolute atomic E-state index is 13.3. The summed E-state index contributed by atoms with van der Waals surface area (Å²) in [6.45, 7) is 3.69. The highest BCUT2D eigenvalue weighted by Gasteiger charge is 2.49. The molecule has 0 aromatic heterocycles. The number of aliphatic carboxylic acids is 1. The summed E-state index contributed by atoms with van der Waals surface area (Å²) >= 11 is 15.3. The maximum Gasteiger partial charge on any atom is 0.416 e. The first-order valence-electron chi connectivity index (χ1n) is 21.5. The van der Waals surface area contributed by atoms with Crippen LogP contribution in [0.25, 0.3) is 0 Å². The van der Waals surface area contributed by atoms with Crippen LogP contribution >= 0.6 is 34.8 Å². The standard InChI is InChI=1S/C24H23F6NO2.C12H14F3NO.C11H11ClO2.CH2Cl2.CH4/c25-23(26,27)18-4-2-17(3-5-18)22(11-1-12-22)21(32)31-13-10-16(14-31)15-33-20-8-6-19(7-9-20)24(28,29)30;13-12(14,15)10-1-3-11(4-2-10)17-8-9-5-6-16-7-9;12-9-4-2-8(3-5-9)11(10(13)14)6-1-7-11;2-1-3;/h2-9,16H,1,10-15H2;1-4,9,16H,5-8H2;2-5H,1,6-7H2,(H,13,14);1H2;1H4/t16-;9-;;;/m11.../s1. The first kappa shape index (κ1) is 56.2. The van der Waals surface area contributed by atoms with Gasteiger partial charge in [0, 0.05) is 36.5 Å². The third-order valence-corrected chi connectivity index (χ3v) is 12.7. The van der Waals surface area contributed by atoms with Crippen LogP contribution in [0.3, 0.4) is 0 Å². The summed E-state index contributed by atoms with van der Waals surface area (Å²) in [6, 6.07) is 21.3.